The van der Waals surface area contributed by atoms with Crippen molar-refractivity contribution in [3.8, 4) is 6.07 Å². The third kappa shape index (κ3) is 1.43. The molecule has 1 saturated carbocycles. The molecule has 16 heavy (non-hydrogen) atoms. The average molecular weight is 216 g/mol. The van der Waals surface area contributed by atoms with Crippen molar-refractivity contribution in [3.63, 3.8) is 0 Å². The highest BCUT2D eigenvalue weighted by Crippen LogP contribution is 2.39. The SMILES string of the molecule is Cc1cnn(C2(CC#N)CN(C3CC3)C2)c1. The van der Waals surface area contributed by atoms with Crippen LogP contribution in [0.1, 0.15) is 24.8 Å². The largest absolute Gasteiger partial charge is 0.295 e. The lowest BCUT2D eigenvalue weighted by molar-refractivity contribution is -0.00119. The Hall–Kier alpha value is -1.34. The van der Waals surface area contributed by atoms with Crippen LogP contribution in [0.5, 0.6) is 0 Å². The van der Waals surface area contributed by atoms with Gasteiger partial charge < -0.3 is 0 Å². The quantitative estimate of drug-likeness (QED) is 0.764. The van der Waals surface area contributed by atoms with Crippen LogP contribution in [0.25, 0.3) is 0 Å². The smallest absolute Gasteiger partial charge is 0.101 e. The van der Waals surface area contributed by atoms with Gasteiger partial charge in [0.25, 0.3) is 0 Å². The van der Waals surface area contributed by atoms with Crippen molar-refractivity contribution in [2.75, 3.05) is 13.1 Å². The highest BCUT2D eigenvalue weighted by Gasteiger charge is 2.49. The van der Waals surface area contributed by atoms with Gasteiger partial charge in [-0.2, -0.15) is 10.4 Å². The van der Waals surface area contributed by atoms with Gasteiger partial charge in [-0.1, -0.05) is 0 Å². The summed E-state index contributed by atoms with van der Waals surface area (Å²) in [5.41, 5.74) is 1.12. The van der Waals surface area contributed by atoms with Gasteiger partial charge in [0.1, 0.15) is 5.54 Å². The van der Waals surface area contributed by atoms with Crippen LogP contribution < -0.4 is 0 Å². The maximum Gasteiger partial charge on any atom is 0.101 e. The Labute approximate surface area is 95.5 Å². The minimum Gasteiger partial charge on any atom is -0.295 e. The summed E-state index contributed by atoms with van der Waals surface area (Å²) in [4.78, 5) is 2.48. The molecule has 1 saturated heterocycles. The average Bonchev–Trinajstić information content (AvgIpc) is 2.94. The maximum atomic E-state index is 8.97. The van der Waals surface area contributed by atoms with Crippen LogP contribution in [-0.4, -0.2) is 33.8 Å². The van der Waals surface area contributed by atoms with Crippen LogP contribution in [0.15, 0.2) is 12.4 Å². The molecular formula is C12H16N4. The molecule has 0 amide bonds. The number of nitriles is 1. The van der Waals surface area contributed by atoms with Crippen molar-refractivity contribution >= 4 is 0 Å². The Morgan fingerprint density at radius 2 is 2.31 bits per heavy atom. The van der Waals surface area contributed by atoms with Gasteiger partial charge in [0.15, 0.2) is 0 Å². The topological polar surface area (TPSA) is 44.9 Å². The van der Waals surface area contributed by atoms with Crippen LogP contribution in [0, 0.1) is 18.3 Å². The van der Waals surface area contributed by atoms with E-state index in [9.17, 15) is 0 Å². The summed E-state index contributed by atoms with van der Waals surface area (Å²) in [6.45, 7) is 4.03. The van der Waals surface area contributed by atoms with Gasteiger partial charge in [-0.15, -0.1) is 0 Å². The van der Waals surface area contributed by atoms with Gasteiger partial charge in [0.05, 0.1) is 18.7 Å². The first kappa shape index (κ1) is 9.86. The zero-order valence-electron chi connectivity index (χ0n) is 9.56. The van der Waals surface area contributed by atoms with E-state index in [1.165, 1.54) is 18.4 Å². The van der Waals surface area contributed by atoms with Crippen molar-refractivity contribution in [2.45, 2.75) is 37.8 Å². The molecule has 0 radical (unpaired) electrons. The third-order valence-corrected chi connectivity index (χ3v) is 3.66. The summed E-state index contributed by atoms with van der Waals surface area (Å²) in [6.07, 6.45) is 7.17. The number of hydrogen-bond acceptors (Lipinski definition) is 3. The van der Waals surface area contributed by atoms with Crippen molar-refractivity contribution in [3.05, 3.63) is 18.0 Å². The molecule has 1 aromatic heterocycles. The second-order valence-corrected chi connectivity index (χ2v) is 5.16. The third-order valence-electron chi connectivity index (χ3n) is 3.66. The van der Waals surface area contributed by atoms with Crippen LogP contribution in [-0.2, 0) is 5.54 Å². The van der Waals surface area contributed by atoms with E-state index < -0.39 is 0 Å². The second-order valence-electron chi connectivity index (χ2n) is 5.16. The molecule has 0 aromatic carbocycles. The molecule has 84 valence electrons. The Bertz CT molecular complexity index is 432. The molecule has 2 aliphatic rings. The van der Waals surface area contributed by atoms with E-state index in [2.05, 4.69) is 22.3 Å². The van der Waals surface area contributed by atoms with Crippen LogP contribution in [0.3, 0.4) is 0 Å². The molecule has 0 unspecified atom stereocenters. The van der Waals surface area contributed by atoms with E-state index in [4.69, 9.17) is 5.26 Å². The first-order valence-corrected chi connectivity index (χ1v) is 5.86. The van der Waals surface area contributed by atoms with E-state index in [1.54, 1.807) is 0 Å². The first-order chi connectivity index (χ1) is 7.73. The minimum absolute atomic E-state index is 0.0500. The number of likely N-dealkylation sites (tertiary alicyclic amines) is 1. The highest BCUT2D eigenvalue weighted by atomic mass is 15.4. The predicted octanol–water partition coefficient (Wildman–Crippen LogP) is 1.28. The predicted molar refractivity (Wildman–Crippen MR) is 59.8 cm³/mol. The molecule has 2 fully saturated rings. The monoisotopic (exact) mass is 216 g/mol. The van der Waals surface area contributed by atoms with Crippen LogP contribution in [0.2, 0.25) is 0 Å². The minimum atomic E-state index is -0.0500. The molecule has 1 aliphatic heterocycles. The standard InChI is InChI=1S/C12H16N4/c1-10-6-14-16(7-10)12(4-5-13)8-15(9-12)11-2-3-11/h6-7,11H,2-4,8-9H2,1H3. The van der Waals surface area contributed by atoms with Gasteiger partial charge in [-0.05, 0) is 25.3 Å². The van der Waals surface area contributed by atoms with Crippen molar-refractivity contribution in [2.24, 2.45) is 0 Å². The molecule has 4 nitrogen and oxygen atoms in total. The molecule has 0 N–H and O–H groups in total. The molecule has 1 aromatic rings. The molecule has 4 heteroatoms. The lowest BCUT2D eigenvalue weighted by Gasteiger charge is -2.49. The second kappa shape index (κ2) is 3.33. The lowest BCUT2D eigenvalue weighted by Crippen LogP contribution is -2.63. The molecular weight excluding hydrogens is 200 g/mol. The van der Waals surface area contributed by atoms with Gasteiger partial charge in [0, 0.05) is 25.3 Å². The van der Waals surface area contributed by atoms with Crippen LogP contribution in [0.4, 0.5) is 0 Å². The van der Waals surface area contributed by atoms with Gasteiger partial charge in [-0.25, -0.2) is 0 Å². The van der Waals surface area contributed by atoms with Gasteiger partial charge >= 0.3 is 0 Å². The number of aromatic nitrogens is 2. The summed E-state index contributed by atoms with van der Waals surface area (Å²) in [6, 6.07) is 3.11. The Kier molecular flexibility index (Phi) is 2.05. The molecule has 3 rings (SSSR count). The van der Waals surface area contributed by atoms with E-state index in [0.717, 1.165) is 19.1 Å². The Morgan fingerprint density at radius 1 is 1.56 bits per heavy atom. The summed E-state index contributed by atoms with van der Waals surface area (Å²) in [5.74, 6) is 0. The van der Waals surface area contributed by atoms with E-state index >= 15 is 0 Å². The fourth-order valence-electron chi connectivity index (χ4n) is 2.56. The fraction of sp³-hybridized carbons (Fsp3) is 0.667. The zero-order valence-corrected chi connectivity index (χ0v) is 9.56. The van der Waals surface area contributed by atoms with Gasteiger partial charge in [-0.3, -0.25) is 9.58 Å². The number of nitrogens with zero attached hydrogens (tertiary/aromatic N) is 4. The van der Waals surface area contributed by atoms with Gasteiger partial charge in [0.2, 0.25) is 0 Å². The number of rotatable bonds is 3. The zero-order chi connectivity index (χ0) is 11.2. The molecule has 1 aliphatic carbocycles. The molecule has 0 atom stereocenters. The first-order valence-electron chi connectivity index (χ1n) is 5.86. The normalized spacial score (nSPS) is 23.8. The number of hydrogen-bond donors (Lipinski definition) is 0. The van der Waals surface area contributed by atoms with E-state index in [-0.39, 0.29) is 5.54 Å². The van der Waals surface area contributed by atoms with Crippen molar-refractivity contribution in [1.29, 1.82) is 5.26 Å². The molecule has 0 spiro atoms. The summed E-state index contributed by atoms with van der Waals surface area (Å²) in [7, 11) is 0. The highest BCUT2D eigenvalue weighted by molar-refractivity contribution is 5.11. The maximum absolute atomic E-state index is 8.97. The summed E-state index contributed by atoms with van der Waals surface area (Å²) >= 11 is 0. The van der Waals surface area contributed by atoms with Crippen molar-refractivity contribution < 1.29 is 0 Å². The summed E-state index contributed by atoms with van der Waals surface area (Å²) < 4.78 is 2.00. The Morgan fingerprint density at radius 3 is 2.81 bits per heavy atom. The van der Waals surface area contributed by atoms with E-state index in [1.807, 2.05) is 17.8 Å². The van der Waals surface area contributed by atoms with Crippen molar-refractivity contribution in [1.82, 2.24) is 14.7 Å². The Balaban J connectivity index is 1.79. The van der Waals surface area contributed by atoms with E-state index in [0.29, 0.717) is 6.42 Å². The molecule has 2 heterocycles. The summed E-state index contributed by atoms with van der Waals surface area (Å²) in [5, 5.41) is 13.3. The fourth-order valence-corrected chi connectivity index (χ4v) is 2.56. The van der Waals surface area contributed by atoms with Crippen LogP contribution >= 0.6 is 0 Å². The lowest BCUT2D eigenvalue weighted by atomic mass is 9.86. The molecule has 0 bridgehead atoms. The number of aryl methyl sites for hydroxylation is 1.